The fraction of sp³-hybridized carbons (Fsp3) is 0.280. The highest BCUT2D eigenvalue weighted by atomic mass is 32.2. The molecule has 1 heterocycles. The van der Waals surface area contributed by atoms with Gasteiger partial charge in [0.1, 0.15) is 33.3 Å². The van der Waals surface area contributed by atoms with E-state index in [1.54, 1.807) is 26.0 Å². The molecule has 186 valence electrons. The van der Waals surface area contributed by atoms with E-state index >= 15 is 0 Å². The van der Waals surface area contributed by atoms with E-state index in [-0.39, 0.29) is 51.9 Å². The molecule has 3 aromatic carbocycles. The second-order valence-electron chi connectivity index (χ2n) is 8.42. The van der Waals surface area contributed by atoms with Gasteiger partial charge in [-0.25, -0.2) is 25.6 Å². The van der Waals surface area contributed by atoms with Crippen LogP contribution in [-0.2, 0) is 19.9 Å². The second kappa shape index (κ2) is 9.58. The van der Waals surface area contributed by atoms with Crippen LogP contribution in [0.15, 0.2) is 65.6 Å². The van der Waals surface area contributed by atoms with Gasteiger partial charge in [0.05, 0.1) is 22.9 Å². The molecular formula is C25H25F2NO5S2. The Hall–Kier alpha value is -2.98. The lowest BCUT2D eigenvalue weighted by Gasteiger charge is -2.36. The summed E-state index contributed by atoms with van der Waals surface area (Å²) in [5, 5.41) is 0. The molecule has 0 unspecified atom stereocenters. The number of hydrogen-bond donors (Lipinski definition) is 0. The second-order valence-corrected chi connectivity index (χ2v) is 12.8. The highest BCUT2D eigenvalue weighted by Crippen LogP contribution is 2.41. The zero-order valence-corrected chi connectivity index (χ0v) is 20.9. The van der Waals surface area contributed by atoms with Crippen molar-refractivity contribution in [3.8, 4) is 16.9 Å². The summed E-state index contributed by atoms with van der Waals surface area (Å²) in [5.41, 5.74) is 1.18. The number of benzene rings is 3. The summed E-state index contributed by atoms with van der Waals surface area (Å²) in [6.45, 7) is 3.20. The fourth-order valence-corrected chi connectivity index (χ4v) is 6.45. The molecule has 1 aliphatic heterocycles. The minimum Gasteiger partial charge on any atom is -0.486 e. The number of rotatable bonds is 7. The first-order valence-electron chi connectivity index (χ1n) is 11.1. The summed E-state index contributed by atoms with van der Waals surface area (Å²) in [7, 11) is -7.36. The SMILES string of the molecule is CCS(=O)(=O)CC[C@H]1CN(S(=O)(=O)c2cccc(C)c2)c2cc(-c3cc(F)ccc3F)ccc2O1. The van der Waals surface area contributed by atoms with Crippen LogP contribution in [0.25, 0.3) is 11.1 Å². The highest BCUT2D eigenvalue weighted by Gasteiger charge is 2.35. The molecule has 0 saturated carbocycles. The third-order valence-electron chi connectivity index (χ3n) is 5.90. The number of sulfonamides is 1. The van der Waals surface area contributed by atoms with Gasteiger partial charge in [0, 0.05) is 11.3 Å². The maximum atomic E-state index is 14.4. The number of ether oxygens (including phenoxy) is 1. The Kier molecular flexibility index (Phi) is 6.88. The van der Waals surface area contributed by atoms with Gasteiger partial charge in [-0.05, 0) is 66.9 Å². The maximum absolute atomic E-state index is 14.4. The topological polar surface area (TPSA) is 80.8 Å². The molecule has 0 N–H and O–H groups in total. The third kappa shape index (κ3) is 5.33. The first-order valence-corrected chi connectivity index (χ1v) is 14.3. The summed E-state index contributed by atoms with van der Waals surface area (Å²) < 4.78 is 86.8. The Labute approximate surface area is 204 Å². The van der Waals surface area contributed by atoms with E-state index in [2.05, 4.69) is 0 Å². The minimum absolute atomic E-state index is 0.0168. The molecule has 0 spiro atoms. The minimum atomic E-state index is -4.07. The predicted molar refractivity (Wildman–Crippen MR) is 131 cm³/mol. The monoisotopic (exact) mass is 521 g/mol. The van der Waals surface area contributed by atoms with Crippen molar-refractivity contribution in [3.05, 3.63) is 77.9 Å². The number of nitrogens with zero attached hydrogens (tertiary/aromatic N) is 1. The van der Waals surface area contributed by atoms with Gasteiger partial charge in [-0.3, -0.25) is 4.31 Å². The summed E-state index contributed by atoms with van der Waals surface area (Å²) in [5.74, 6) is -1.24. The lowest BCUT2D eigenvalue weighted by atomic mass is 10.0. The summed E-state index contributed by atoms with van der Waals surface area (Å²) in [4.78, 5) is 0.0626. The van der Waals surface area contributed by atoms with E-state index in [4.69, 9.17) is 4.74 Å². The zero-order valence-electron chi connectivity index (χ0n) is 19.2. The van der Waals surface area contributed by atoms with Gasteiger partial charge in [0.2, 0.25) is 0 Å². The van der Waals surface area contributed by atoms with Gasteiger partial charge < -0.3 is 4.74 Å². The smallest absolute Gasteiger partial charge is 0.264 e. The van der Waals surface area contributed by atoms with Crippen molar-refractivity contribution >= 4 is 25.5 Å². The van der Waals surface area contributed by atoms with Gasteiger partial charge in [-0.2, -0.15) is 0 Å². The van der Waals surface area contributed by atoms with Crippen LogP contribution in [0.5, 0.6) is 5.75 Å². The Morgan fingerprint density at radius 3 is 2.49 bits per heavy atom. The highest BCUT2D eigenvalue weighted by molar-refractivity contribution is 7.93. The van der Waals surface area contributed by atoms with Crippen LogP contribution in [0.3, 0.4) is 0 Å². The molecule has 3 aromatic rings. The molecule has 6 nitrogen and oxygen atoms in total. The largest absolute Gasteiger partial charge is 0.486 e. The number of fused-ring (bicyclic) bond motifs is 1. The average molecular weight is 522 g/mol. The first-order chi connectivity index (χ1) is 16.5. The van der Waals surface area contributed by atoms with E-state index < -0.39 is 37.6 Å². The number of anilines is 1. The molecule has 4 rings (SSSR count). The van der Waals surface area contributed by atoms with Crippen molar-refractivity contribution in [1.29, 1.82) is 0 Å². The Morgan fingerprint density at radius 2 is 1.77 bits per heavy atom. The summed E-state index contributed by atoms with van der Waals surface area (Å²) in [6, 6.07) is 13.9. The van der Waals surface area contributed by atoms with Gasteiger partial charge >= 0.3 is 0 Å². The molecule has 0 aliphatic carbocycles. The van der Waals surface area contributed by atoms with Crippen molar-refractivity contribution in [1.82, 2.24) is 0 Å². The number of sulfone groups is 1. The van der Waals surface area contributed by atoms with Crippen LogP contribution in [0.1, 0.15) is 18.9 Å². The lowest BCUT2D eigenvalue weighted by Crippen LogP contribution is -2.44. The molecule has 0 amide bonds. The molecule has 0 aromatic heterocycles. The standard InChI is InChI=1S/C25H25F2NO5S2/c1-3-34(29,30)12-11-20-16-28(35(31,32)21-6-4-5-17(2)13-21)24-14-18(7-10-25(24)33-20)22-15-19(26)8-9-23(22)27/h4-10,13-15,20H,3,11-12,16H2,1-2H3/t20-/m0/s1. The molecule has 35 heavy (non-hydrogen) atoms. The van der Waals surface area contributed by atoms with Crippen molar-refractivity contribution in [3.63, 3.8) is 0 Å². The van der Waals surface area contributed by atoms with Crippen LogP contribution in [0.4, 0.5) is 14.5 Å². The number of aryl methyl sites for hydroxylation is 1. The van der Waals surface area contributed by atoms with Crippen LogP contribution in [-0.4, -0.2) is 41.0 Å². The Balaban J connectivity index is 1.80. The normalized spacial score (nSPS) is 16.0. The van der Waals surface area contributed by atoms with Crippen LogP contribution in [0, 0.1) is 18.6 Å². The average Bonchev–Trinajstić information content (AvgIpc) is 2.83. The first kappa shape index (κ1) is 25.1. The fourth-order valence-electron chi connectivity index (χ4n) is 3.93. The number of hydrogen-bond acceptors (Lipinski definition) is 5. The molecule has 0 bridgehead atoms. The Bertz CT molecular complexity index is 1470. The molecule has 1 aliphatic rings. The van der Waals surface area contributed by atoms with E-state index in [0.29, 0.717) is 0 Å². The predicted octanol–water partition coefficient (Wildman–Crippen LogP) is 4.72. The van der Waals surface area contributed by atoms with Gasteiger partial charge in [0.25, 0.3) is 10.0 Å². The van der Waals surface area contributed by atoms with Gasteiger partial charge in [0.15, 0.2) is 0 Å². The summed E-state index contributed by atoms with van der Waals surface area (Å²) in [6.07, 6.45) is -0.601. The van der Waals surface area contributed by atoms with Crippen LogP contribution in [0.2, 0.25) is 0 Å². The van der Waals surface area contributed by atoms with Crippen molar-refractivity contribution in [2.45, 2.75) is 31.3 Å². The van der Waals surface area contributed by atoms with E-state index in [9.17, 15) is 25.6 Å². The third-order valence-corrected chi connectivity index (χ3v) is 9.41. The van der Waals surface area contributed by atoms with E-state index in [0.717, 1.165) is 28.1 Å². The Morgan fingerprint density at radius 1 is 1.00 bits per heavy atom. The zero-order chi connectivity index (χ0) is 25.4. The quantitative estimate of drug-likeness (QED) is 0.450. The van der Waals surface area contributed by atoms with Crippen molar-refractivity contribution in [2.24, 2.45) is 0 Å². The molecular weight excluding hydrogens is 496 g/mol. The van der Waals surface area contributed by atoms with E-state index in [1.807, 2.05) is 0 Å². The van der Waals surface area contributed by atoms with Crippen LogP contribution < -0.4 is 9.04 Å². The van der Waals surface area contributed by atoms with Gasteiger partial charge in [-0.1, -0.05) is 25.1 Å². The molecule has 0 saturated heterocycles. The molecule has 10 heteroatoms. The van der Waals surface area contributed by atoms with Crippen molar-refractivity contribution < 1.29 is 30.4 Å². The van der Waals surface area contributed by atoms with Crippen molar-refractivity contribution in [2.75, 3.05) is 22.4 Å². The van der Waals surface area contributed by atoms with Gasteiger partial charge in [-0.15, -0.1) is 0 Å². The lowest BCUT2D eigenvalue weighted by molar-refractivity contribution is 0.196. The molecule has 1 atom stereocenters. The molecule has 0 radical (unpaired) electrons. The molecule has 0 fully saturated rings. The van der Waals surface area contributed by atoms with E-state index in [1.165, 1.54) is 30.3 Å². The summed E-state index contributed by atoms with van der Waals surface area (Å²) >= 11 is 0. The number of halogens is 2. The maximum Gasteiger partial charge on any atom is 0.264 e. The van der Waals surface area contributed by atoms with Crippen LogP contribution >= 0.6 is 0 Å².